The first-order chi connectivity index (χ1) is 12.3. The van der Waals surface area contributed by atoms with Crippen molar-refractivity contribution in [2.75, 3.05) is 18.4 Å². The first kappa shape index (κ1) is 18.6. The van der Waals surface area contributed by atoms with Crippen molar-refractivity contribution >= 4 is 29.4 Å². The van der Waals surface area contributed by atoms with Crippen LogP contribution < -0.4 is 16.2 Å². The molecule has 0 spiro atoms. The summed E-state index contributed by atoms with van der Waals surface area (Å²) in [6.45, 7) is 1.98. The van der Waals surface area contributed by atoms with Gasteiger partial charge in [-0.1, -0.05) is 12.8 Å². The van der Waals surface area contributed by atoms with Crippen LogP contribution in [0.5, 0.6) is 0 Å². The second-order valence-electron chi connectivity index (χ2n) is 6.92. The van der Waals surface area contributed by atoms with E-state index in [1.54, 1.807) is 16.8 Å². The third-order valence-electron chi connectivity index (χ3n) is 5.26. The maximum atomic E-state index is 12.8. The van der Waals surface area contributed by atoms with Crippen LogP contribution in [0, 0.1) is 11.3 Å². The second-order valence-corrected chi connectivity index (χ2v) is 6.92. The van der Waals surface area contributed by atoms with Crippen molar-refractivity contribution in [1.29, 1.82) is 5.26 Å². The Labute approximate surface area is 158 Å². The fourth-order valence-electron chi connectivity index (χ4n) is 3.92. The summed E-state index contributed by atoms with van der Waals surface area (Å²) in [6.07, 6.45) is 7.93. The highest BCUT2D eigenvalue weighted by atomic mass is 35.5. The molecule has 2 N–H and O–H groups in total. The standard InChI is InChI=1S/C18H22N6O.ClH/c19-10-12-9-13-11-21-18(22-14-5-7-20-8-6-14)23-16(13)24(17(12)25)15-3-1-2-4-15;/h9,11,14-15,20H,1-8H2,(H,21,22,23);1H. The Kier molecular flexibility index (Phi) is 5.74. The molecule has 1 aliphatic heterocycles. The number of hydrogen-bond acceptors (Lipinski definition) is 6. The van der Waals surface area contributed by atoms with Crippen molar-refractivity contribution < 1.29 is 0 Å². The summed E-state index contributed by atoms with van der Waals surface area (Å²) in [5.41, 5.74) is 0.581. The summed E-state index contributed by atoms with van der Waals surface area (Å²) in [5, 5.41) is 16.8. The number of aromatic nitrogens is 3. The van der Waals surface area contributed by atoms with Gasteiger partial charge in [-0.15, -0.1) is 12.4 Å². The van der Waals surface area contributed by atoms with Gasteiger partial charge in [-0.2, -0.15) is 10.2 Å². The number of nitriles is 1. The Morgan fingerprint density at radius 2 is 1.96 bits per heavy atom. The first-order valence-corrected chi connectivity index (χ1v) is 9.06. The lowest BCUT2D eigenvalue weighted by Gasteiger charge is -2.24. The number of pyridine rings is 1. The Bertz CT molecular complexity index is 878. The minimum absolute atomic E-state index is 0. The Morgan fingerprint density at radius 1 is 1.23 bits per heavy atom. The van der Waals surface area contributed by atoms with E-state index >= 15 is 0 Å². The SMILES string of the molecule is Cl.N#Cc1cc2cnc(NC3CCNCC3)nc2n(C2CCCC2)c1=O. The zero-order valence-electron chi connectivity index (χ0n) is 14.6. The molecule has 0 aromatic carbocycles. The second kappa shape index (κ2) is 8.02. The number of anilines is 1. The maximum Gasteiger partial charge on any atom is 0.270 e. The van der Waals surface area contributed by atoms with Crippen molar-refractivity contribution in [2.24, 2.45) is 0 Å². The number of rotatable bonds is 3. The van der Waals surface area contributed by atoms with Crippen molar-refractivity contribution in [1.82, 2.24) is 19.9 Å². The quantitative estimate of drug-likeness (QED) is 0.856. The van der Waals surface area contributed by atoms with Crippen LogP contribution in [0.15, 0.2) is 17.1 Å². The molecule has 0 atom stereocenters. The van der Waals surface area contributed by atoms with E-state index in [1.165, 1.54) is 0 Å². The normalized spacial score (nSPS) is 18.4. The van der Waals surface area contributed by atoms with Gasteiger partial charge in [0.1, 0.15) is 17.3 Å². The molecule has 0 bridgehead atoms. The lowest BCUT2D eigenvalue weighted by atomic mass is 10.1. The number of halogens is 1. The van der Waals surface area contributed by atoms with Crippen molar-refractivity contribution in [3.05, 3.63) is 28.2 Å². The Hall–Kier alpha value is -2.17. The lowest BCUT2D eigenvalue weighted by Crippen LogP contribution is -2.35. The molecule has 0 unspecified atom stereocenters. The largest absolute Gasteiger partial charge is 0.351 e. The van der Waals surface area contributed by atoms with Crippen LogP contribution >= 0.6 is 12.4 Å². The molecule has 2 fully saturated rings. The van der Waals surface area contributed by atoms with Crippen molar-refractivity contribution in [3.8, 4) is 6.07 Å². The number of hydrogen-bond donors (Lipinski definition) is 2. The molecule has 1 saturated heterocycles. The average molecular weight is 375 g/mol. The molecule has 2 aromatic rings. The fourth-order valence-corrected chi connectivity index (χ4v) is 3.92. The van der Waals surface area contributed by atoms with E-state index in [0.29, 0.717) is 17.6 Å². The number of fused-ring (bicyclic) bond motifs is 1. The summed E-state index contributed by atoms with van der Waals surface area (Å²) >= 11 is 0. The van der Waals surface area contributed by atoms with E-state index in [-0.39, 0.29) is 29.6 Å². The highest BCUT2D eigenvalue weighted by molar-refractivity contribution is 5.85. The van der Waals surface area contributed by atoms with Crippen molar-refractivity contribution in [3.63, 3.8) is 0 Å². The molecular formula is C18H23ClN6O. The van der Waals surface area contributed by atoms with Crippen LogP contribution in [0.1, 0.15) is 50.1 Å². The Balaban J connectivity index is 0.00000196. The fraction of sp³-hybridized carbons (Fsp3) is 0.556. The maximum absolute atomic E-state index is 12.8. The highest BCUT2D eigenvalue weighted by Crippen LogP contribution is 2.30. The van der Waals surface area contributed by atoms with Gasteiger partial charge in [-0.05, 0) is 44.8 Å². The van der Waals surface area contributed by atoms with E-state index in [2.05, 4.69) is 20.6 Å². The van der Waals surface area contributed by atoms with Crippen LogP contribution in [0.4, 0.5) is 5.95 Å². The summed E-state index contributed by atoms with van der Waals surface area (Å²) in [4.78, 5) is 21.8. The molecule has 8 heteroatoms. The lowest BCUT2D eigenvalue weighted by molar-refractivity contribution is 0.477. The monoisotopic (exact) mass is 374 g/mol. The molecule has 4 rings (SSSR count). The van der Waals surface area contributed by atoms with Gasteiger partial charge in [0.2, 0.25) is 5.95 Å². The van der Waals surface area contributed by atoms with E-state index in [1.807, 2.05) is 6.07 Å². The van der Waals surface area contributed by atoms with Gasteiger partial charge >= 0.3 is 0 Å². The van der Waals surface area contributed by atoms with Crippen LogP contribution in [-0.4, -0.2) is 33.7 Å². The molecule has 0 amide bonds. The molecular weight excluding hydrogens is 352 g/mol. The Morgan fingerprint density at radius 3 is 2.65 bits per heavy atom. The smallest absolute Gasteiger partial charge is 0.270 e. The molecule has 2 aromatic heterocycles. The predicted molar refractivity (Wildman–Crippen MR) is 103 cm³/mol. The van der Waals surface area contributed by atoms with E-state index in [4.69, 9.17) is 0 Å². The molecule has 3 heterocycles. The van der Waals surface area contributed by atoms with E-state index < -0.39 is 0 Å². The third kappa shape index (κ3) is 3.53. The third-order valence-corrected chi connectivity index (χ3v) is 5.26. The van der Waals surface area contributed by atoms with Crippen LogP contribution in [0.2, 0.25) is 0 Å². The molecule has 1 saturated carbocycles. The van der Waals surface area contributed by atoms with Gasteiger partial charge in [0.15, 0.2) is 0 Å². The summed E-state index contributed by atoms with van der Waals surface area (Å²) in [7, 11) is 0. The van der Waals surface area contributed by atoms with E-state index in [0.717, 1.165) is 57.0 Å². The van der Waals surface area contributed by atoms with Gasteiger partial charge < -0.3 is 10.6 Å². The van der Waals surface area contributed by atoms with Gasteiger partial charge in [0.25, 0.3) is 5.56 Å². The molecule has 1 aliphatic carbocycles. The average Bonchev–Trinajstić information content (AvgIpc) is 3.16. The topological polar surface area (TPSA) is 95.6 Å². The molecule has 7 nitrogen and oxygen atoms in total. The van der Waals surface area contributed by atoms with Crippen LogP contribution in [0.3, 0.4) is 0 Å². The van der Waals surface area contributed by atoms with Gasteiger partial charge in [-0.3, -0.25) is 9.36 Å². The summed E-state index contributed by atoms with van der Waals surface area (Å²) in [5.74, 6) is 0.565. The zero-order chi connectivity index (χ0) is 17.2. The summed E-state index contributed by atoms with van der Waals surface area (Å²) in [6, 6.07) is 4.11. The summed E-state index contributed by atoms with van der Waals surface area (Å²) < 4.78 is 1.73. The molecule has 0 radical (unpaired) electrons. The van der Waals surface area contributed by atoms with E-state index in [9.17, 15) is 10.1 Å². The molecule has 2 aliphatic rings. The number of nitrogens with one attached hydrogen (secondary N) is 2. The van der Waals surface area contributed by atoms with Gasteiger partial charge in [0.05, 0.1) is 0 Å². The zero-order valence-corrected chi connectivity index (χ0v) is 15.4. The number of piperidine rings is 1. The van der Waals surface area contributed by atoms with Crippen molar-refractivity contribution in [2.45, 2.75) is 50.6 Å². The first-order valence-electron chi connectivity index (χ1n) is 9.06. The highest BCUT2D eigenvalue weighted by Gasteiger charge is 2.23. The van der Waals surface area contributed by atoms with Gasteiger partial charge in [0, 0.05) is 23.7 Å². The van der Waals surface area contributed by atoms with Crippen LogP contribution in [-0.2, 0) is 0 Å². The molecule has 138 valence electrons. The number of nitrogens with zero attached hydrogens (tertiary/aromatic N) is 4. The molecule has 26 heavy (non-hydrogen) atoms. The minimum Gasteiger partial charge on any atom is -0.351 e. The van der Waals surface area contributed by atoms with Gasteiger partial charge in [-0.25, -0.2) is 4.98 Å². The predicted octanol–water partition coefficient (Wildman–Crippen LogP) is 2.36. The van der Waals surface area contributed by atoms with Crippen LogP contribution in [0.25, 0.3) is 11.0 Å². The minimum atomic E-state index is -0.228.